The van der Waals surface area contributed by atoms with Crippen molar-refractivity contribution in [3.8, 4) is 11.5 Å². The number of pyridine rings is 1. The van der Waals surface area contributed by atoms with E-state index in [1.165, 1.54) is 48.9 Å². The van der Waals surface area contributed by atoms with Crippen LogP contribution in [0, 0.1) is 16.0 Å². The van der Waals surface area contributed by atoms with Crippen molar-refractivity contribution in [3.05, 3.63) is 124 Å². The van der Waals surface area contributed by atoms with Gasteiger partial charge in [0.2, 0.25) is 0 Å². The number of likely N-dealkylation sites (tertiary alicyclic amines) is 1. The molecule has 13 nitrogen and oxygen atoms in total. The summed E-state index contributed by atoms with van der Waals surface area (Å²) in [6, 6.07) is 22.3. The molecule has 59 heavy (non-hydrogen) atoms. The van der Waals surface area contributed by atoms with Crippen LogP contribution in [0.1, 0.15) is 96.8 Å². The number of carbonyl (C=O) groups is 1. The minimum absolute atomic E-state index is 0.0146. The molecular formula is C45H48N6O7S. The largest absolute Gasteiger partial charge is 0.455 e. The molecule has 1 saturated carbocycles. The van der Waals surface area contributed by atoms with Gasteiger partial charge in [0.25, 0.3) is 21.6 Å². The fourth-order valence-electron chi connectivity index (χ4n) is 9.04. The highest BCUT2D eigenvalue weighted by molar-refractivity contribution is 7.90. The first-order valence-corrected chi connectivity index (χ1v) is 22.1. The Kier molecular flexibility index (Phi) is 10.9. The van der Waals surface area contributed by atoms with Crippen molar-refractivity contribution in [2.45, 2.75) is 80.7 Å². The number of aromatic nitrogens is 2. The number of nitrogens with one attached hydrogen (secondary N) is 3. The van der Waals surface area contributed by atoms with Gasteiger partial charge in [-0.25, -0.2) is 18.1 Å². The summed E-state index contributed by atoms with van der Waals surface area (Å²) in [6.45, 7) is 2.85. The van der Waals surface area contributed by atoms with E-state index in [4.69, 9.17) is 9.47 Å². The molecule has 0 unspecified atom stereocenters. The Bertz CT molecular complexity index is 2530. The molecule has 0 spiro atoms. The molecule has 2 aliphatic carbocycles. The van der Waals surface area contributed by atoms with Gasteiger partial charge in [-0.3, -0.25) is 19.8 Å². The predicted octanol–water partition coefficient (Wildman–Crippen LogP) is 8.87. The zero-order valence-corrected chi connectivity index (χ0v) is 33.6. The zero-order chi connectivity index (χ0) is 40.5. The van der Waals surface area contributed by atoms with Crippen molar-refractivity contribution in [1.29, 1.82) is 0 Å². The van der Waals surface area contributed by atoms with Gasteiger partial charge >= 0.3 is 0 Å². The van der Waals surface area contributed by atoms with E-state index < -0.39 is 31.4 Å². The van der Waals surface area contributed by atoms with Crippen LogP contribution < -0.4 is 14.8 Å². The number of ether oxygens (including phenoxy) is 2. The van der Waals surface area contributed by atoms with Gasteiger partial charge in [0, 0.05) is 49.5 Å². The number of benzene rings is 3. The topological polar surface area (TPSA) is 169 Å². The van der Waals surface area contributed by atoms with Gasteiger partial charge in [0.1, 0.15) is 22.8 Å². The van der Waals surface area contributed by atoms with Gasteiger partial charge in [-0.05, 0) is 135 Å². The summed E-state index contributed by atoms with van der Waals surface area (Å²) in [6.07, 6.45) is 14.9. The molecule has 306 valence electrons. The average Bonchev–Trinajstić information content (AvgIpc) is 3.79. The number of carbonyl (C=O) groups excluding carboxylic acids is 1. The van der Waals surface area contributed by atoms with E-state index in [1.54, 1.807) is 30.6 Å². The Morgan fingerprint density at radius 3 is 2.59 bits per heavy atom. The summed E-state index contributed by atoms with van der Waals surface area (Å²) in [7, 11) is -4.54. The van der Waals surface area contributed by atoms with Gasteiger partial charge in [-0.2, -0.15) is 0 Å². The molecular weight excluding hydrogens is 769 g/mol. The van der Waals surface area contributed by atoms with E-state index in [1.807, 2.05) is 12.1 Å². The maximum Gasteiger partial charge on any atom is 0.293 e. The number of amides is 1. The van der Waals surface area contributed by atoms with E-state index in [0.29, 0.717) is 49.2 Å². The lowest BCUT2D eigenvalue weighted by molar-refractivity contribution is -0.384. The van der Waals surface area contributed by atoms with Crippen LogP contribution in [0.25, 0.3) is 16.6 Å². The Labute approximate surface area is 343 Å². The number of allylic oxidation sites excluding steroid dienone is 1. The summed E-state index contributed by atoms with van der Waals surface area (Å²) >= 11 is 0. The quantitative estimate of drug-likeness (QED) is 0.0771. The summed E-state index contributed by atoms with van der Waals surface area (Å²) in [4.78, 5) is 35.1. The van der Waals surface area contributed by atoms with Gasteiger partial charge in [0.15, 0.2) is 0 Å². The van der Waals surface area contributed by atoms with Crippen LogP contribution in [0.4, 0.5) is 11.4 Å². The van der Waals surface area contributed by atoms with Crippen LogP contribution in [-0.2, 0) is 14.8 Å². The third-order valence-electron chi connectivity index (χ3n) is 12.3. The van der Waals surface area contributed by atoms with Crippen molar-refractivity contribution in [1.82, 2.24) is 19.6 Å². The second-order valence-corrected chi connectivity index (χ2v) is 17.8. The maximum absolute atomic E-state index is 13.9. The third kappa shape index (κ3) is 8.48. The summed E-state index contributed by atoms with van der Waals surface area (Å²) in [5.74, 6) is 0.579. The van der Waals surface area contributed by atoms with Crippen LogP contribution in [-0.4, -0.2) is 66.5 Å². The molecule has 3 fully saturated rings. The Morgan fingerprint density at radius 1 is 0.983 bits per heavy atom. The van der Waals surface area contributed by atoms with Crippen LogP contribution in [0.3, 0.4) is 0 Å². The Balaban J connectivity index is 0.954. The fourth-order valence-corrected chi connectivity index (χ4v) is 10.0. The fraction of sp³-hybridized carbons (Fsp3) is 0.378. The number of aromatic amines is 1. The highest BCUT2D eigenvalue weighted by Crippen LogP contribution is 2.47. The molecule has 3 N–H and O–H groups in total. The first-order valence-electron chi connectivity index (χ1n) is 20.7. The number of rotatable bonds is 13. The number of H-pyrrole nitrogens is 1. The molecule has 2 aromatic heterocycles. The van der Waals surface area contributed by atoms with Crippen molar-refractivity contribution < 1.29 is 27.6 Å². The number of fused-ring (bicyclic) bond motifs is 1. The number of sulfonamides is 1. The third-order valence-corrected chi connectivity index (χ3v) is 13.7. The molecule has 14 heteroatoms. The van der Waals surface area contributed by atoms with E-state index in [9.17, 15) is 23.3 Å². The second-order valence-electron chi connectivity index (χ2n) is 16.2. The van der Waals surface area contributed by atoms with Crippen molar-refractivity contribution in [2.24, 2.45) is 5.92 Å². The lowest BCUT2D eigenvalue weighted by Crippen LogP contribution is -2.36. The summed E-state index contributed by atoms with van der Waals surface area (Å²) in [5.41, 5.74) is 5.50. The number of nitro benzene ring substituents is 1. The zero-order valence-electron chi connectivity index (χ0n) is 32.8. The lowest BCUT2D eigenvalue weighted by Gasteiger charge is -2.36. The molecule has 0 radical (unpaired) electrons. The van der Waals surface area contributed by atoms with Gasteiger partial charge in [0.05, 0.1) is 21.6 Å². The minimum Gasteiger partial charge on any atom is -0.455 e. The SMILES string of the molecule is O=C(NS(=O)(=O)c1ccc(NCC2CCOCC2)c([N+](=O)[O-])c1)c1ccc(C2=CC[C@@H](N3CCC[C@H]3c3ccccc3C3CC3)CC2)cc1Oc1cnc2[nH]ccc2c1. The van der Waals surface area contributed by atoms with E-state index >= 15 is 0 Å². The molecule has 1 amide bonds. The van der Waals surface area contributed by atoms with Crippen LogP contribution in [0.2, 0.25) is 0 Å². The van der Waals surface area contributed by atoms with E-state index in [0.717, 1.165) is 61.2 Å². The van der Waals surface area contributed by atoms with E-state index in [-0.39, 0.29) is 22.9 Å². The maximum atomic E-state index is 13.9. The number of hydrogen-bond acceptors (Lipinski definition) is 10. The minimum atomic E-state index is -4.54. The molecule has 5 aromatic rings. The Morgan fingerprint density at radius 2 is 1.81 bits per heavy atom. The van der Waals surface area contributed by atoms with E-state index in [2.05, 4.69) is 55.2 Å². The molecule has 2 saturated heterocycles. The van der Waals surface area contributed by atoms with Gasteiger partial charge in [-0.15, -0.1) is 0 Å². The first kappa shape index (κ1) is 38.9. The van der Waals surface area contributed by atoms with Crippen LogP contribution in [0.5, 0.6) is 11.5 Å². The Hall–Kier alpha value is -5.57. The van der Waals surface area contributed by atoms with Crippen molar-refractivity contribution in [2.75, 3.05) is 31.6 Å². The predicted molar refractivity (Wildman–Crippen MR) is 225 cm³/mol. The van der Waals surface area contributed by atoms with Crippen LogP contribution in [0.15, 0.2) is 96.2 Å². The lowest BCUT2D eigenvalue weighted by atomic mass is 9.88. The molecule has 9 rings (SSSR count). The highest BCUT2D eigenvalue weighted by atomic mass is 32.2. The molecule has 3 aromatic carbocycles. The average molecular weight is 817 g/mol. The highest BCUT2D eigenvalue weighted by Gasteiger charge is 2.36. The van der Waals surface area contributed by atoms with Crippen molar-refractivity contribution >= 4 is 43.9 Å². The standard InChI is InChI=1S/C45H48N6O7S/c52-45(49-59(55,56)36-14-16-40(42(26-36)51(53)54)47-27-29-18-22-57-23-19-29)39-15-11-32(25-43(39)58-35-24-33-17-20-46-44(33)48-28-35)30-9-12-34(13-10-30)50-21-3-6-41(50)38-5-2-1-4-37(38)31-7-8-31/h1-2,4-5,9,11,14-17,20,24-26,28-29,31,34,41,47H,3,6-8,10,12-13,18-19,21-23,27H2,(H,46,48)(H,49,52)/t34-,41+/m1/s1. The van der Waals surface area contributed by atoms with Crippen molar-refractivity contribution in [3.63, 3.8) is 0 Å². The number of nitrogens with zero attached hydrogens (tertiary/aromatic N) is 3. The molecule has 0 bridgehead atoms. The first-order chi connectivity index (χ1) is 28.7. The second kappa shape index (κ2) is 16.6. The molecule has 4 aliphatic rings. The van der Waals surface area contributed by atoms with Gasteiger partial charge in [-0.1, -0.05) is 36.4 Å². The normalized spacial score (nSPS) is 20.3. The summed E-state index contributed by atoms with van der Waals surface area (Å²) in [5, 5.41) is 16.0. The number of anilines is 1. The smallest absolute Gasteiger partial charge is 0.293 e. The molecule has 4 heterocycles. The monoisotopic (exact) mass is 816 g/mol. The molecule has 2 aliphatic heterocycles. The number of hydrogen-bond donors (Lipinski definition) is 3. The van der Waals surface area contributed by atoms with Crippen LogP contribution >= 0.6 is 0 Å². The summed E-state index contributed by atoms with van der Waals surface area (Å²) < 4.78 is 41.2. The van der Waals surface area contributed by atoms with Gasteiger partial charge < -0.3 is 19.8 Å². The molecule has 2 atom stereocenters. The number of nitro groups is 1.